The molecule has 0 heterocycles. The number of methoxy groups -OCH3 is 1. The standard InChI is InChI=1S/C19H24N2O2S/c1-14(19(22)20-16-6-5-7-17(12-16)23-3)21(2)13-15-8-10-18(24-4)11-9-15/h5-12,14H,13H2,1-4H3,(H,20,22)/t14-/m1/s1. The monoisotopic (exact) mass is 344 g/mol. The third kappa shape index (κ3) is 5.01. The Balaban J connectivity index is 1.95. The van der Waals surface area contributed by atoms with E-state index in [-0.39, 0.29) is 11.9 Å². The van der Waals surface area contributed by atoms with E-state index in [1.54, 1.807) is 18.9 Å². The summed E-state index contributed by atoms with van der Waals surface area (Å²) in [6, 6.07) is 15.6. The van der Waals surface area contributed by atoms with Crippen LogP contribution < -0.4 is 10.1 Å². The van der Waals surface area contributed by atoms with Crippen molar-refractivity contribution in [3.8, 4) is 5.75 Å². The van der Waals surface area contributed by atoms with Crippen molar-refractivity contribution in [2.24, 2.45) is 0 Å². The molecule has 0 aliphatic rings. The highest BCUT2D eigenvalue weighted by atomic mass is 32.2. The summed E-state index contributed by atoms with van der Waals surface area (Å²) in [5.74, 6) is 0.689. The van der Waals surface area contributed by atoms with Gasteiger partial charge in [0, 0.05) is 23.2 Å². The molecule has 0 saturated heterocycles. The van der Waals surface area contributed by atoms with Crippen LogP contribution in [0.4, 0.5) is 5.69 Å². The predicted molar refractivity (Wildman–Crippen MR) is 101 cm³/mol. The van der Waals surface area contributed by atoms with E-state index in [4.69, 9.17) is 4.74 Å². The average molecular weight is 344 g/mol. The number of carbonyl (C=O) groups is 1. The number of nitrogens with zero attached hydrogens (tertiary/aromatic N) is 1. The molecule has 0 fully saturated rings. The van der Waals surface area contributed by atoms with Gasteiger partial charge in [-0.3, -0.25) is 9.69 Å². The zero-order valence-corrected chi connectivity index (χ0v) is 15.4. The molecule has 128 valence electrons. The molecule has 0 spiro atoms. The molecule has 5 heteroatoms. The normalized spacial score (nSPS) is 12.0. The summed E-state index contributed by atoms with van der Waals surface area (Å²) in [7, 11) is 3.57. The number of rotatable bonds is 7. The van der Waals surface area contributed by atoms with Crippen LogP contribution in [0.5, 0.6) is 5.75 Å². The van der Waals surface area contributed by atoms with Crippen LogP contribution in [0, 0.1) is 0 Å². The van der Waals surface area contributed by atoms with Crippen molar-refractivity contribution >= 4 is 23.4 Å². The average Bonchev–Trinajstić information content (AvgIpc) is 2.61. The summed E-state index contributed by atoms with van der Waals surface area (Å²) in [5, 5.41) is 2.94. The third-order valence-corrected chi connectivity index (χ3v) is 4.71. The van der Waals surface area contributed by atoms with Gasteiger partial charge in [0.25, 0.3) is 0 Å². The van der Waals surface area contributed by atoms with Crippen molar-refractivity contribution in [2.45, 2.75) is 24.4 Å². The van der Waals surface area contributed by atoms with Gasteiger partial charge < -0.3 is 10.1 Å². The van der Waals surface area contributed by atoms with Gasteiger partial charge in [-0.25, -0.2) is 0 Å². The van der Waals surface area contributed by atoms with Crippen molar-refractivity contribution < 1.29 is 9.53 Å². The zero-order chi connectivity index (χ0) is 17.5. The lowest BCUT2D eigenvalue weighted by molar-refractivity contribution is -0.120. The second-order valence-corrected chi connectivity index (χ2v) is 6.54. The number of benzene rings is 2. The maximum atomic E-state index is 12.4. The minimum Gasteiger partial charge on any atom is -0.497 e. The quantitative estimate of drug-likeness (QED) is 0.774. The smallest absolute Gasteiger partial charge is 0.241 e. The van der Waals surface area contributed by atoms with E-state index in [2.05, 4.69) is 35.8 Å². The largest absolute Gasteiger partial charge is 0.497 e. The van der Waals surface area contributed by atoms with E-state index >= 15 is 0 Å². The molecular weight excluding hydrogens is 320 g/mol. The lowest BCUT2D eigenvalue weighted by atomic mass is 10.2. The van der Waals surface area contributed by atoms with E-state index < -0.39 is 0 Å². The second-order valence-electron chi connectivity index (χ2n) is 5.66. The molecular formula is C19H24N2O2S. The number of carbonyl (C=O) groups excluding carboxylic acids is 1. The fourth-order valence-electron chi connectivity index (χ4n) is 2.30. The Labute approximate surface area is 148 Å². The highest BCUT2D eigenvalue weighted by molar-refractivity contribution is 7.98. The number of amides is 1. The minimum absolute atomic E-state index is 0.0357. The molecule has 0 unspecified atom stereocenters. The van der Waals surface area contributed by atoms with Gasteiger partial charge in [0.1, 0.15) is 5.75 Å². The molecule has 1 amide bonds. The van der Waals surface area contributed by atoms with Gasteiger partial charge >= 0.3 is 0 Å². The molecule has 2 aromatic carbocycles. The molecule has 24 heavy (non-hydrogen) atoms. The van der Waals surface area contributed by atoms with E-state index in [1.165, 1.54) is 10.5 Å². The zero-order valence-electron chi connectivity index (χ0n) is 14.6. The Hall–Kier alpha value is -1.98. The Bertz CT molecular complexity index is 673. The van der Waals surface area contributed by atoms with Crippen LogP contribution in [-0.2, 0) is 11.3 Å². The molecule has 0 aromatic heterocycles. The summed E-state index contributed by atoms with van der Waals surface area (Å²) < 4.78 is 5.18. The summed E-state index contributed by atoms with van der Waals surface area (Å²) >= 11 is 1.72. The van der Waals surface area contributed by atoms with Crippen molar-refractivity contribution in [1.29, 1.82) is 0 Å². The fourth-order valence-corrected chi connectivity index (χ4v) is 2.71. The third-order valence-electron chi connectivity index (χ3n) is 3.97. The Morgan fingerprint density at radius 2 is 1.96 bits per heavy atom. The van der Waals surface area contributed by atoms with Crippen LogP contribution >= 0.6 is 11.8 Å². The molecule has 4 nitrogen and oxygen atoms in total. The maximum absolute atomic E-state index is 12.4. The van der Waals surface area contributed by atoms with Crippen LogP contribution in [-0.4, -0.2) is 37.3 Å². The highest BCUT2D eigenvalue weighted by Gasteiger charge is 2.18. The number of thioether (sulfide) groups is 1. The van der Waals surface area contributed by atoms with Crippen LogP contribution in [0.15, 0.2) is 53.4 Å². The van der Waals surface area contributed by atoms with Crippen LogP contribution in [0.25, 0.3) is 0 Å². The molecule has 2 rings (SSSR count). The minimum atomic E-state index is -0.239. The lowest BCUT2D eigenvalue weighted by Crippen LogP contribution is -2.39. The number of anilines is 1. The highest BCUT2D eigenvalue weighted by Crippen LogP contribution is 2.18. The van der Waals surface area contributed by atoms with E-state index in [9.17, 15) is 4.79 Å². The SMILES string of the molecule is COc1cccc(NC(=O)[C@@H](C)N(C)Cc2ccc(SC)cc2)c1. The lowest BCUT2D eigenvalue weighted by Gasteiger charge is -2.24. The molecule has 0 saturated carbocycles. The molecule has 0 aliphatic heterocycles. The van der Waals surface area contributed by atoms with Gasteiger partial charge in [0.15, 0.2) is 0 Å². The first-order valence-corrected chi connectivity index (χ1v) is 9.04. The van der Waals surface area contributed by atoms with Gasteiger partial charge in [0.2, 0.25) is 5.91 Å². The molecule has 1 N–H and O–H groups in total. The number of ether oxygens (including phenoxy) is 1. The van der Waals surface area contributed by atoms with Gasteiger partial charge in [-0.1, -0.05) is 18.2 Å². The van der Waals surface area contributed by atoms with Crippen molar-refractivity contribution in [3.05, 3.63) is 54.1 Å². The first kappa shape index (κ1) is 18.4. The number of hydrogen-bond donors (Lipinski definition) is 1. The van der Waals surface area contributed by atoms with Crippen LogP contribution in [0.1, 0.15) is 12.5 Å². The van der Waals surface area contributed by atoms with E-state index in [1.807, 2.05) is 43.1 Å². The molecule has 2 aromatic rings. The molecule has 0 bridgehead atoms. The number of nitrogens with one attached hydrogen (secondary N) is 1. The van der Waals surface area contributed by atoms with Crippen molar-refractivity contribution in [1.82, 2.24) is 4.90 Å². The second kappa shape index (κ2) is 8.76. The topological polar surface area (TPSA) is 41.6 Å². The van der Waals surface area contributed by atoms with Crippen molar-refractivity contribution in [3.63, 3.8) is 0 Å². The maximum Gasteiger partial charge on any atom is 0.241 e. The molecule has 1 atom stereocenters. The molecule has 0 radical (unpaired) electrons. The Morgan fingerprint density at radius 3 is 2.58 bits per heavy atom. The summed E-state index contributed by atoms with van der Waals surface area (Å²) in [6.07, 6.45) is 2.06. The Morgan fingerprint density at radius 1 is 1.25 bits per heavy atom. The van der Waals surface area contributed by atoms with Gasteiger partial charge in [0.05, 0.1) is 13.2 Å². The van der Waals surface area contributed by atoms with Gasteiger partial charge in [-0.15, -0.1) is 11.8 Å². The molecule has 0 aliphatic carbocycles. The summed E-state index contributed by atoms with van der Waals surface area (Å²) in [5.41, 5.74) is 1.93. The van der Waals surface area contributed by atoms with E-state index in [0.717, 1.165) is 18.0 Å². The van der Waals surface area contributed by atoms with Crippen LogP contribution in [0.3, 0.4) is 0 Å². The predicted octanol–water partition coefficient (Wildman–Crippen LogP) is 3.88. The van der Waals surface area contributed by atoms with Crippen LogP contribution in [0.2, 0.25) is 0 Å². The number of likely N-dealkylation sites (N-methyl/N-ethyl adjacent to an activating group) is 1. The van der Waals surface area contributed by atoms with Gasteiger partial charge in [-0.2, -0.15) is 0 Å². The first-order valence-electron chi connectivity index (χ1n) is 7.81. The van der Waals surface area contributed by atoms with E-state index in [0.29, 0.717) is 0 Å². The fraction of sp³-hybridized carbons (Fsp3) is 0.316. The van der Waals surface area contributed by atoms with Gasteiger partial charge in [-0.05, 0) is 50.1 Å². The van der Waals surface area contributed by atoms with Crippen molar-refractivity contribution in [2.75, 3.05) is 25.7 Å². The summed E-state index contributed by atoms with van der Waals surface area (Å²) in [4.78, 5) is 15.7. The number of hydrogen-bond acceptors (Lipinski definition) is 4. The first-order chi connectivity index (χ1) is 11.5. The Kier molecular flexibility index (Phi) is 6.70. The summed E-state index contributed by atoms with van der Waals surface area (Å²) in [6.45, 7) is 2.63.